The van der Waals surface area contributed by atoms with Gasteiger partial charge in [-0.3, -0.25) is 24.3 Å². The summed E-state index contributed by atoms with van der Waals surface area (Å²) in [5.41, 5.74) is 1.22. The van der Waals surface area contributed by atoms with Crippen molar-refractivity contribution < 1.29 is 14.4 Å². The van der Waals surface area contributed by atoms with E-state index in [0.29, 0.717) is 29.3 Å². The van der Waals surface area contributed by atoms with Crippen LogP contribution in [0.3, 0.4) is 0 Å². The molecule has 3 heterocycles. The van der Waals surface area contributed by atoms with E-state index in [9.17, 15) is 14.4 Å². The number of carbonyl (C=O) groups excluding carboxylic acids is 3. The molecule has 1 aromatic carbocycles. The third-order valence-electron chi connectivity index (χ3n) is 7.00. The van der Waals surface area contributed by atoms with Crippen molar-refractivity contribution in [2.45, 2.75) is 44.4 Å². The molecule has 1 fully saturated rings. The molecular formula is C26H30Cl2N6O3S. The Morgan fingerprint density at radius 1 is 1.05 bits per heavy atom. The van der Waals surface area contributed by atoms with Gasteiger partial charge in [0.25, 0.3) is 11.8 Å². The number of thiazole rings is 1. The Balaban J connectivity index is 0.00000336. The molecule has 0 spiro atoms. The number of pyridine rings is 1. The number of halogens is 2. The van der Waals surface area contributed by atoms with E-state index in [1.54, 1.807) is 43.4 Å². The van der Waals surface area contributed by atoms with Crippen molar-refractivity contribution in [1.29, 1.82) is 0 Å². The van der Waals surface area contributed by atoms with Crippen LogP contribution >= 0.6 is 35.3 Å². The predicted molar refractivity (Wildman–Crippen MR) is 150 cm³/mol. The van der Waals surface area contributed by atoms with Crippen LogP contribution in [0.4, 0.5) is 0 Å². The molecule has 0 radical (unpaired) electrons. The van der Waals surface area contributed by atoms with Crippen molar-refractivity contribution in [3.05, 3.63) is 56.8 Å². The fourth-order valence-electron chi connectivity index (χ4n) is 5.09. The van der Waals surface area contributed by atoms with Gasteiger partial charge in [0.15, 0.2) is 5.01 Å². The minimum atomic E-state index is -0.417. The normalized spacial score (nSPS) is 20.9. The van der Waals surface area contributed by atoms with E-state index in [2.05, 4.69) is 25.5 Å². The van der Waals surface area contributed by atoms with Gasteiger partial charge in [-0.2, -0.15) is 0 Å². The summed E-state index contributed by atoms with van der Waals surface area (Å²) in [5, 5.41) is 8.86. The number of carbonyl (C=O) groups is 3. The van der Waals surface area contributed by atoms with Crippen LogP contribution in [0.15, 0.2) is 30.5 Å². The minimum Gasteiger partial charge on any atom is -0.349 e. The lowest BCUT2D eigenvalue weighted by atomic mass is 9.81. The molecular weight excluding hydrogens is 547 g/mol. The zero-order valence-electron chi connectivity index (χ0n) is 21.4. The van der Waals surface area contributed by atoms with E-state index in [4.69, 9.17) is 11.6 Å². The third kappa shape index (κ3) is 5.93. The average molecular weight is 578 g/mol. The van der Waals surface area contributed by atoms with Crippen LogP contribution in [0.5, 0.6) is 0 Å². The number of benzene rings is 1. The molecule has 12 heteroatoms. The molecule has 1 saturated carbocycles. The van der Waals surface area contributed by atoms with Gasteiger partial charge < -0.3 is 15.5 Å². The number of nitrogens with one attached hydrogen (secondary N) is 2. The number of aromatic nitrogens is 2. The minimum absolute atomic E-state index is 0. The first kappa shape index (κ1) is 28.2. The van der Waals surface area contributed by atoms with Gasteiger partial charge in [-0.1, -0.05) is 17.7 Å². The second-order valence-corrected chi connectivity index (χ2v) is 11.5. The summed E-state index contributed by atoms with van der Waals surface area (Å²) in [4.78, 5) is 52.8. The van der Waals surface area contributed by atoms with Crippen LogP contribution in [0.25, 0.3) is 10.8 Å². The summed E-state index contributed by atoms with van der Waals surface area (Å²) in [7, 11) is 5.48. The largest absolute Gasteiger partial charge is 0.349 e. The van der Waals surface area contributed by atoms with Crippen molar-refractivity contribution >= 4 is 63.8 Å². The Morgan fingerprint density at radius 2 is 1.82 bits per heavy atom. The molecule has 5 rings (SSSR count). The van der Waals surface area contributed by atoms with Gasteiger partial charge in [-0.25, -0.2) is 4.98 Å². The van der Waals surface area contributed by atoms with E-state index < -0.39 is 6.04 Å². The molecule has 2 aromatic heterocycles. The molecule has 0 unspecified atom stereocenters. The molecule has 3 amide bonds. The van der Waals surface area contributed by atoms with Crippen LogP contribution in [0.2, 0.25) is 5.02 Å². The molecule has 2 aliphatic rings. The smallest absolute Gasteiger partial charge is 0.280 e. The van der Waals surface area contributed by atoms with Crippen molar-refractivity contribution in [3.63, 3.8) is 0 Å². The van der Waals surface area contributed by atoms with Gasteiger partial charge in [0.1, 0.15) is 5.69 Å². The maximum Gasteiger partial charge on any atom is 0.280 e. The first-order chi connectivity index (χ1) is 17.7. The Bertz CT molecular complexity index is 1360. The lowest BCUT2D eigenvalue weighted by molar-refractivity contribution is -0.134. The number of fused-ring (bicyclic) bond motifs is 2. The lowest BCUT2D eigenvalue weighted by Gasteiger charge is -2.37. The van der Waals surface area contributed by atoms with Gasteiger partial charge in [0, 0.05) is 60.6 Å². The van der Waals surface area contributed by atoms with Gasteiger partial charge in [-0.05, 0) is 49.9 Å². The summed E-state index contributed by atoms with van der Waals surface area (Å²) in [6.45, 7) is 1.51. The van der Waals surface area contributed by atoms with E-state index >= 15 is 0 Å². The van der Waals surface area contributed by atoms with Crippen LogP contribution < -0.4 is 10.6 Å². The fraction of sp³-hybridized carbons (Fsp3) is 0.423. The SMILES string of the molecule is CN1Cc2nc(C(=O)N[C@H]3C[C@@H](C(=O)N(C)C)CC[C@@H]3NC(=O)c3cc4ccc(Cl)cc4cn3)sc2C1.Cl. The highest BCUT2D eigenvalue weighted by atomic mass is 35.5. The summed E-state index contributed by atoms with van der Waals surface area (Å²) in [5.74, 6) is -0.804. The van der Waals surface area contributed by atoms with Crippen molar-refractivity contribution in [2.24, 2.45) is 5.92 Å². The second kappa shape index (κ2) is 11.5. The fourth-order valence-corrected chi connectivity index (χ4v) is 6.32. The highest BCUT2D eigenvalue weighted by Crippen LogP contribution is 2.29. The Labute approximate surface area is 236 Å². The molecule has 2 N–H and O–H groups in total. The van der Waals surface area contributed by atoms with Gasteiger partial charge in [0.05, 0.1) is 11.7 Å². The molecule has 0 saturated heterocycles. The quantitative estimate of drug-likeness (QED) is 0.481. The van der Waals surface area contributed by atoms with Crippen LogP contribution in [0.1, 0.15) is 50.1 Å². The second-order valence-electron chi connectivity index (χ2n) is 10.0. The Morgan fingerprint density at radius 3 is 2.55 bits per heavy atom. The Kier molecular flexibility index (Phi) is 8.56. The standard InChI is InChI=1S/C26H29ClN6O3S.ClH/c1-32(2)26(36)15-5-7-18(29-23(34)20-9-14-4-6-17(27)8-16(14)11-28-20)19(10-15)30-24(35)25-31-21-12-33(3)13-22(21)37-25;/h4,6,8-9,11,15,18-19H,5,7,10,12-13H2,1-3H3,(H,29,34)(H,30,35);1H/t15-,18-,19-;/m0./s1. The van der Waals surface area contributed by atoms with E-state index in [1.165, 1.54) is 11.3 Å². The average Bonchev–Trinajstić information content (AvgIpc) is 3.41. The first-order valence-corrected chi connectivity index (χ1v) is 13.4. The molecule has 1 aliphatic carbocycles. The monoisotopic (exact) mass is 576 g/mol. The number of hydrogen-bond donors (Lipinski definition) is 2. The maximum absolute atomic E-state index is 13.2. The zero-order valence-corrected chi connectivity index (χ0v) is 23.8. The summed E-state index contributed by atoms with van der Waals surface area (Å²) >= 11 is 7.46. The molecule has 3 aromatic rings. The van der Waals surface area contributed by atoms with Crippen molar-refractivity contribution in [3.8, 4) is 0 Å². The van der Waals surface area contributed by atoms with E-state index in [-0.39, 0.29) is 47.8 Å². The van der Waals surface area contributed by atoms with Gasteiger partial charge in [0.2, 0.25) is 5.91 Å². The first-order valence-electron chi connectivity index (χ1n) is 12.2. The summed E-state index contributed by atoms with van der Waals surface area (Å²) in [6.07, 6.45) is 3.24. The summed E-state index contributed by atoms with van der Waals surface area (Å²) < 4.78 is 0. The lowest BCUT2D eigenvalue weighted by Crippen LogP contribution is -2.56. The third-order valence-corrected chi connectivity index (χ3v) is 8.31. The Hall–Kier alpha value is -2.79. The molecule has 1 aliphatic heterocycles. The number of rotatable bonds is 5. The van der Waals surface area contributed by atoms with Crippen LogP contribution in [-0.4, -0.2) is 70.7 Å². The number of nitrogens with zero attached hydrogens (tertiary/aromatic N) is 4. The number of amides is 3. The van der Waals surface area contributed by atoms with Crippen LogP contribution in [-0.2, 0) is 17.9 Å². The molecule has 0 bridgehead atoms. The van der Waals surface area contributed by atoms with Gasteiger partial charge >= 0.3 is 0 Å². The summed E-state index contributed by atoms with van der Waals surface area (Å²) in [6, 6.07) is 6.38. The highest BCUT2D eigenvalue weighted by Gasteiger charge is 2.37. The maximum atomic E-state index is 13.2. The highest BCUT2D eigenvalue weighted by molar-refractivity contribution is 7.13. The molecule has 202 valence electrons. The molecule has 3 atom stereocenters. The topological polar surface area (TPSA) is 108 Å². The van der Waals surface area contributed by atoms with E-state index in [1.807, 2.05) is 13.1 Å². The zero-order chi connectivity index (χ0) is 26.3. The number of hydrogen-bond acceptors (Lipinski definition) is 7. The molecule has 38 heavy (non-hydrogen) atoms. The molecule has 9 nitrogen and oxygen atoms in total. The van der Waals surface area contributed by atoms with E-state index in [0.717, 1.165) is 34.4 Å². The van der Waals surface area contributed by atoms with Crippen molar-refractivity contribution in [2.75, 3.05) is 21.1 Å². The van der Waals surface area contributed by atoms with Crippen molar-refractivity contribution in [1.82, 2.24) is 30.4 Å². The van der Waals surface area contributed by atoms with Gasteiger partial charge in [-0.15, -0.1) is 23.7 Å². The predicted octanol–water partition coefficient (Wildman–Crippen LogP) is 3.50. The van der Waals surface area contributed by atoms with Crippen LogP contribution in [0, 0.1) is 5.92 Å².